The minimum atomic E-state index is -0.519. The monoisotopic (exact) mass is 304 g/mol. The predicted octanol–water partition coefficient (Wildman–Crippen LogP) is 2.31. The maximum Gasteiger partial charge on any atom is 0.410 e. The van der Waals surface area contributed by atoms with Gasteiger partial charge >= 0.3 is 6.09 Å². The van der Waals surface area contributed by atoms with E-state index in [0.717, 1.165) is 6.29 Å². The lowest BCUT2D eigenvalue weighted by atomic mass is 10.1. The third-order valence-electron chi connectivity index (χ3n) is 3.57. The molecule has 5 heteroatoms. The molecule has 1 aromatic rings. The van der Waals surface area contributed by atoms with Crippen LogP contribution < -0.4 is 0 Å². The zero-order chi connectivity index (χ0) is 16.2. The molecule has 1 saturated heterocycles. The summed E-state index contributed by atoms with van der Waals surface area (Å²) in [5, 5.41) is 0. The summed E-state index contributed by atoms with van der Waals surface area (Å²) in [5.41, 5.74) is 0.648. The third-order valence-corrected chi connectivity index (χ3v) is 3.57. The Kier molecular flexibility index (Phi) is 5.19. The molecule has 22 heavy (non-hydrogen) atoms. The number of nitrogens with zero attached hydrogens (tertiary/aromatic N) is 2. The van der Waals surface area contributed by atoms with E-state index in [1.807, 2.05) is 51.1 Å². The molecule has 1 fully saturated rings. The number of ether oxygens (including phenoxy) is 1. The van der Waals surface area contributed by atoms with Crippen molar-refractivity contribution in [1.29, 1.82) is 0 Å². The molecule has 0 radical (unpaired) electrons. The molecule has 0 spiro atoms. The first-order valence-corrected chi connectivity index (χ1v) is 7.60. The molecule has 0 aromatic heterocycles. The van der Waals surface area contributed by atoms with Crippen LogP contribution in [0.25, 0.3) is 0 Å². The standard InChI is InChI=1S/C17H24N2O3/c1-17(2,3)22-16(21)19-10-9-18(15(12-19)13-20)11-14-7-5-4-6-8-14/h4-8,13,15H,9-12H2,1-3H3/t15-/m1/s1. The van der Waals surface area contributed by atoms with Crippen LogP contribution in [0.1, 0.15) is 26.3 Å². The van der Waals surface area contributed by atoms with Crippen molar-refractivity contribution in [2.45, 2.75) is 39.0 Å². The lowest BCUT2D eigenvalue weighted by Gasteiger charge is -2.39. The van der Waals surface area contributed by atoms with E-state index < -0.39 is 5.60 Å². The molecule has 1 amide bonds. The summed E-state index contributed by atoms with van der Waals surface area (Å²) in [4.78, 5) is 27.2. The average molecular weight is 304 g/mol. The molecule has 120 valence electrons. The van der Waals surface area contributed by atoms with Gasteiger partial charge in [0.2, 0.25) is 0 Å². The predicted molar refractivity (Wildman–Crippen MR) is 84.5 cm³/mol. The van der Waals surface area contributed by atoms with Crippen LogP contribution in [0.2, 0.25) is 0 Å². The topological polar surface area (TPSA) is 49.9 Å². The Hall–Kier alpha value is -1.88. The second-order valence-corrected chi connectivity index (χ2v) is 6.59. The molecule has 1 aliphatic heterocycles. The van der Waals surface area contributed by atoms with E-state index in [-0.39, 0.29) is 12.1 Å². The fourth-order valence-electron chi connectivity index (χ4n) is 2.48. The number of rotatable bonds is 3. The van der Waals surface area contributed by atoms with Gasteiger partial charge in [0.25, 0.3) is 0 Å². The van der Waals surface area contributed by atoms with Crippen molar-refractivity contribution in [1.82, 2.24) is 9.80 Å². The summed E-state index contributed by atoms with van der Waals surface area (Å²) in [6.45, 7) is 7.86. The maximum atomic E-state index is 12.1. The second-order valence-electron chi connectivity index (χ2n) is 6.59. The Morgan fingerprint density at radius 1 is 1.27 bits per heavy atom. The van der Waals surface area contributed by atoms with E-state index in [4.69, 9.17) is 4.74 Å². The number of carbonyl (C=O) groups is 2. The van der Waals surface area contributed by atoms with Crippen LogP contribution in [-0.4, -0.2) is 53.5 Å². The fraction of sp³-hybridized carbons (Fsp3) is 0.529. The van der Waals surface area contributed by atoms with E-state index >= 15 is 0 Å². The fourth-order valence-corrected chi connectivity index (χ4v) is 2.48. The molecule has 0 saturated carbocycles. The van der Waals surface area contributed by atoms with Crippen LogP contribution in [0.4, 0.5) is 4.79 Å². The zero-order valence-corrected chi connectivity index (χ0v) is 13.5. The smallest absolute Gasteiger partial charge is 0.410 e. The summed E-state index contributed by atoms with van der Waals surface area (Å²) in [7, 11) is 0. The van der Waals surface area contributed by atoms with Crippen LogP contribution in [0.3, 0.4) is 0 Å². The van der Waals surface area contributed by atoms with Gasteiger partial charge in [0.05, 0.1) is 6.04 Å². The second kappa shape index (κ2) is 6.92. The lowest BCUT2D eigenvalue weighted by molar-refractivity contribution is -0.114. The van der Waals surface area contributed by atoms with Crippen LogP contribution >= 0.6 is 0 Å². The highest BCUT2D eigenvalue weighted by molar-refractivity contribution is 5.70. The van der Waals surface area contributed by atoms with Crippen molar-refractivity contribution in [3.05, 3.63) is 35.9 Å². The molecule has 5 nitrogen and oxygen atoms in total. The number of aldehydes is 1. The van der Waals surface area contributed by atoms with Gasteiger partial charge in [-0.1, -0.05) is 30.3 Å². The number of amides is 1. The number of hydrogen-bond donors (Lipinski definition) is 0. The molecule has 1 heterocycles. The minimum Gasteiger partial charge on any atom is -0.444 e. The largest absolute Gasteiger partial charge is 0.444 e. The van der Waals surface area contributed by atoms with Crippen molar-refractivity contribution in [3.63, 3.8) is 0 Å². The van der Waals surface area contributed by atoms with E-state index in [9.17, 15) is 9.59 Å². The third kappa shape index (κ3) is 4.56. The van der Waals surface area contributed by atoms with E-state index in [2.05, 4.69) is 4.90 Å². The molecule has 0 bridgehead atoms. The summed E-state index contributed by atoms with van der Waals surface area (Å²) in [6.07, 6.45) is 0.568. The zero-order valence-electron chi connectivity index (χ0n) is 13.5. The van der Waals surface area contributed by atoms with E-state index in [0.29, 0.717) is 26.2 Å². The van der Waals surface area contributed by atoms with Crippen molar-refractivity contribution >= 4 is 12.4 Å². The highest BCUT2D eigenvalue weighted by Gasteiger charge is 2.31. The Balaban J connectivity index is 1.96. The molecule has 0 aliphatic carbocycles. The SMILES string of the molecule is CC(C)(C)OC(=O)N1CCN(Cc2ccccc2)[C@@H](C=O)C1. The van der Waals surface area contributed by atoms with E-state index in [1.54, 1.807) is 4.90 Å². The van der Waals surface area contributed by atoms with Crippen molar-refractivity contribution in [2.24, 2.45) is 0 Å². The molecule has 1 aliphatic rings. The van der Waals surface area contributed by atoms with Crippen molar-refractivity contribution in [3.8, 4) is 0 Å². The van der Waals surface area contributed by atoms with Gasteiger partial charge in [0.15, 0.2) is 0 Å². The van der Waals surface area contributed by atoms with Gasteiger partial charge in [-0.15, -0.1) is 0 Å². The first-order valence-electron chi connectivity index (χ1n) is 7.60. The molecule has 0 unspecified atom stereocenters. The Morgan fingerprint density at radius 2 is 1.95 bits per heavy atom. The van der Waals surface area contributed by atoms with Gasteiger partial charge in [-0.05, 0) is 26.3 Å². The summed E-state index contributed by atoms with van der Waals surface area (Å²) < 4.78 is 5.38. The van der Waals surface area contributed by atoms with Crippen LogP contribution in [0, 0.1) is 0 Å². The van der Waals surface area contributed by atoms with Gasteiger partial charge < -0.3 is 14.4 Å². The number of benzene rings is 1. The number of carbonyl (C=O) groups excluding carboxylic acids is 2. The van der Waals surface area contributed by atoms with Gasteiger partial charge in [-0.2, -0.15) is 0 Å². The quantitative estimate of drug-likeness (QED) is 0.804. The number of hydrogen-bond acceptors (Lipinski definition) is 4. The highest BCUT2D eigenvalue weighted by Crippen LogP contribution is 2.16. The Bertz CT molecular complexity index is 510. The first-order chi connectivity index (χ1) is 10.4. The normalized spacial score (nSPS) is 19.8. The Labute approximate surface area is 131 Å². The molecule has 2 rings (SSSR count). The summed E-state index contributed by atoms with van der Waals surface area (Å²) >= 11 is 0. The van der Waals surface area contributed by atoms with E-state index in [1.165, 1.54) is 5.56 Å². The van der Waals surface area contributed by atoms with Crippen LogP contribution in [0.5, 0.6) is 0 Å². The molecule has 1 atom stereocenters. The lowest BCUT2D eigenvalue weighted by Crippen LogP contribution is -2.55. The van der Waals surface area contributed by atoms with Crippen LogP contribution in [-0.2, 0) is 16.1 Å². The van der Waals surface area contributed by atoms with Crippen LogP contribution in [0.15, 0.2) is 30.3 Å². The molecular weight excluding hydrogens is 280 g/mol. The number of piperazine rings is 1. The molecular formula is C17H24N2O3. The summed E-state index contributed by atoms with van der Waals surface area (Å²) in [5.74, 6) is 0. The Morgan fingerprint density at radius 3 is 2.55 bits per heavy atom. The van der Waals surface area contributed by atoms with Gasteiger partial charge in [0.1, 0.15) is 11.9 Å². The highest BCUT2D eigenvalue weighted by atomic mass is 16.6. The van der Waals surface area contributed by atoms with Crippen molar-refractivity contribution in [2.75, 3.05) is 19.6 Å². The van der Waals surface area contributed by atoms with Gasteiger partial charge in [0, 0.05) is 26.2 Å². The van der Waals surface area contributed by atoms with Crippen molar-refractivity contribution < 1.29 is 14.3 Å². The maximum absolute atomic E-state index is 12.1. The molecule has 1 aromatic carbocycles. The van der Waals surface area contributed by atoms with Gasteiger partial charge in [-0.25, -0.2) is 4.79 Å². The van der Waals surface area contributed by atoms with Gasteiger partial charge in [-0.3, -0.25) is 4.90 Å². The molecule has 0 N–H and O–H groups in total. The minimum absolute atomic E-state index is 0.290. The summed E-state index contributed by atoms with van der Waals surface area (Å²) in [6, 6.07) is 9.75. The first kappa shape index (κ1) is 16.5. The average Bonchev–Trinajstić information content (AvgIpc) is 2.47.